The summed E-state index contributed by atoms with van der Waals surface area (Å²) in [5.74, 6) is -2.80. The summed E-state index contributed by atoms with van der Waals surface area (Å²) in [7, 11) is 2.55. The first kappa shape index (κ1) is 28.9. The van der Waals surface area contributed by atoms with Crippen LogP contribution >= 0.6 is 0 Å². The monoisotopic (exact) mass is 589 g/mol. The maximum absolute atomic E-state index is 15.4. The maximum atomic E-state index is 15.4. The van der Waals surface area contributed by atoms with Gasteiger partial charge in [-0.1, -0.05) is 12.6 Å². The Morgan fingerprint density at radius 2 is 1.72 bits per heavy atom. The van der Waals surface area contributed by atoms with E-state index < -0.39 is 22.7 Å². The van der Waals surface area contributed by atoms with Crippen LogP contribution in [0.5, 0.6) is 11.5 Å². The first-order valence-electron chi connectivity index (χ1n) is 14.3. The lowest BCUT2D eigenvalue weighted by atomic mass is 9.85. The third-order valence-corrected chi connectivity index (χ3v) is 8.52. The molecule has 2 aliphatic heterocycles. The number of rotatable bonds is 9. The van der Waals surface area contributed by atoms with E-state index in [4.69, 9.17) is 19.2 Å². The number of ketones is 1. The van der Waals surface area contributed by atoms with Crippen molar-refractivity contribution in [2.75, 3.05) is 45.4 Å². The molecule has 0 unspecified atom stereocenters. The van der Waals surface area contributed by atoms with Crippen LogP contribution in [0.1, 0.15) is 35.1 Å². The van der Waals surface area contributed by atoms with Gasteiger partial charge in [-0.05, 0) is 59.4 Å². The van der Waals surface area contributed by atoms with Gasteiger partial charge in [-0.2, -0.15) is 0 Å². The minimum Gasteiger partial charge on any atom is -0.493 e. The molecule has 3 aliphatic rings. The largest absolute Gasteiger partial charge is 0.493 e. The van der Waals surface area contributed by atoms with E-state index in [1.54, 1.807) is 6.20 Å². The summed E-state index contributed by atoms with van der Waals surface area (Å²) in [5.41, 5.74) is 3.55. The molecule has 1 saturated heterocycles. The molecule has 1 aromatic heterocycles. The number of carbonyl (C=O) groups excluding carboxylic acids is 2. The highest BCUT2D eigenvalue weighted by atomic mass is 19.1. The molecule has 224 valence electrons. The predicted molar refractivity (Wildman–Crippen MR) is 156 cm³/mol. The van der Waals surface area contributed by atoms with Gasteiger partial charge in [0.2, 0.25) is 5.91 Å². The third-order valence-electron chi connectivity index (χ3n) is 8.52. The van der Waals surface area contributed by atoms with Gasteiger partial charge >= 0.3 is 0 Å². The molecule has 1 saturated carbocycles. The van der Waals surface area contributed by atoms with Crippen molar-refractivity contribution in [2.45, 2.75) is 37.8 Å². The summed E-state index contributed by atoms with van der Waals surface area (Å²) in [5, 5.41) is 0. The van der Waals surface area contributed by atoms with Crippen LogP contribution in [0.2, 0.25) is 0 Å². The van der Waals surface area contributed by atoms with Crippen molar-refractivity contribution in [1.82, 2.24) is 9.88 Å². The lowest BCUT2D eigenvalue weighted by Crippen LogP contribution is -2.45. The normalized spacial score (nSPS) is 17.5. The number of morpholine rings is 1. The average Bonchev–Trinajstić information content (AvgIpc) is 3.82. The number of pyridine rings is 1. The highest BCUT2D eigenvalue weighted by Gasteiger charge is 2.57. The lowest BCUT2D eigenvalue weighted by molar-refractivity contribution is -0.121. The number of fused-ring (bicyclic) bond motifs is 2. The van der Waals surface area contributed by atoms with E-state index in [1.807, 2.05) is 18.2 Å². The molecule has 0 atom stereocenters. The first-order valence-corrected chi connectivity index (χ1v) is 14.3. The predicted octanol–water partition coefficient (Wildman–Crippen LogP) is 4.75. The lowest BCUT2D eigenvalue weighted by Gasteiger charge is -2.35. The zero-order valence-electron chi connectivity index (χ0n) is 24.3. The van der Waals surface area contributed by atoms with Crippen molar-refractivity contribution in [2.24, 2.45) is 0 Å². The minimum absolute atomic E-state index is 0.0521. The molecule has 1 amide bonds. The van der Waals surface area contributed by atoms with Gasteiger partial charge in [0, 0.05) is 43.9 Å². The number of allylic oxidation sites excluding steroid dienone is 1. The number of amides is 1. The van der Waals surface area contributed by atoms with Crippen molar-refractivity contribution in [3.63, 3.8) is 0 Å². The number of carbonyl (C=O) groups is 2. The van der Waals surface area contributed by atoms with Gasteiger partial charge in [0.15, 0.2) is 28.9 Å². The van der Waals surface area contributed by atoms with Gasteiger partial charge in [-0.25, -0.2) is 8.78 Å². The zero-order chi connectivity index (χ0) is 30.3. The Bertz CT molecular complexity index is 1590. The van der Waals surface area contributed by atoms with Crippen LogP contribution in [0.3, 0.4) is 0 Å². The summed E-state index contributed by atoms with van der Waals surface area (Å²) in [6.45, 7) is 7.26. The molecule has 43 heavy (non-hydrogen) atoms. The molecule has 3 aromatic rings. The highest BCUT2D eigenvalue weighted by molar-refractivity contribution is 6.05. The molecule has 3 heterocycles. The molecule has 0 bridgehead atoms. The number of nitrogens with zero attached hydrogens (tertiary/aromatic N) is 3. The van der Waals surface area contributed by atoms with Crippen LogP contribution in [0.4, 0.5) is 14.5 Å². The molecule has 1 spiro atoms. The van der Waals surface area contributed by atoms with Gasteiger partial charge in [-0.3, -0.25) is 19.5 Å². The Hall–Kier alpha value is -4.15. The van der Waals surface area contributed by atoms with E-state index in [0.717, 1.165) is 46.3 Å². The number of benzene rings is 2. The number of hydrogen-bond acceptors (Lipinski definition) is 7. The van der Waals surface area contributed by atoms with Crippen molar-refractivity contribution in [3.8, 4) is 22.8 Å². The van der Waals surface area contributed by atoms with Crippen LogP contribution in [-0.2, 0) is 39.3 Å². The topological polar surface area (TPSA) is 81.2 Å². The van der Waals surface area contributed by atoms with E-state index in [1.165, 1.54) is 20.3 Å². The number of aromatic nitrogens is 1. The number of halogens is 2. The fourth-order valence-corrected chi connectivity index (χ4v) is 6.12. The molecule has 2 fully saturated rings. The van der Waals surface area contributed by atoms with E-state index >= 15 is 8.78 Å². The summed E-state index contributed by atoms with van der Waals surface area (Å²) >= 11 is 0. The van der Waals surface area contributed by atoms with Gasteiger partial charge in [-0.15, -0.1) is 0 Å². The quantitative estimate of drug-likeness (QED) is 0.333. The van der Waals surface area contributed by atoms with E-state index in [-0.39, 0.29) is 36.2 Å². The molecule has 10 heteroatoms. The average molecular weight is 590 g/mol. The second kappa shape index (κ2) is 11.5. The SMILES string of the molecule is C=CC(=O)Cc1cc(CN2CCOCC2)cc(-c2cc3c(cn2)CN(c2c(F)c(OC)cc(OC)c2F)C(=O)C32CC2)c1. The molecular formula is C33H33F2N3O5. The molecule has 2 aromatic carbocycles. The Balaban J connectivity index is 1.39. The van der Waals surface area contributed by atoms with Crippen LogP contribution in [0.25, 0.3) is 11.3 Å². The molecule has 6 rings (SSSR count). The van der Waals surface area contributed by atoms with Gasteiger partial charge in [0.25, 0.3) is 0 Å². The minimum atomic E-state index is -0.961. The fraction of sp³-hybridized carbons (Fsp3) is 0.364. The fourth-order valence-electron chi connectivity index (χ4n) is 6.12. The second-order valence-corrected chi connectivity index (χ2v) is 11.2. The maximum Gasteiger partial charge on any atom is 0.238 e. The third kappa shape index (κ3) is 5.29. The highest BCUT2D eigenvalue weighted by Crippen LogP contribution is 2.55. The van der Waals surface area contributed by atoms with Crippen molar-refractivity contribution < 1.29 is 32.6 Å². The van der Waals surface area contributed by atoms with E-state index in [0.29, 0.717) is 43.9 Å². The van der Waals surface area contributed by atoms with E-state index in [9.17, 15) is 9.59 Å². The van der Waals surface area contributed by atoms with Gasteiger partial charge in [0.1, 0.15) is 5.69 Å². The first-order chi connectivity index (χ1) is 20.8. The standard InChI is InChI=1S/C33H33F2N3O5/c1-4-24(39)14-20-11-21(18-37-7-9-43-10-8-37)13-22(12-20)26-15-25-23(17-36-26)19-38(32(40)33(25)5-6-33)31-29(34)27(41-2)16-28(42-3)30(31)35/h4,11-13,15-17H,1,5-10,14,18-19H2,2-3H3. The molecule has 0 radical (unpaired) electrons. The smallest absolute Gasteiger partial charge is 0.238 e. The van der Waals surface area contributed by atoms with Gasteiger partial charge < -0.3 is 19.1 Å². The van der Waals surface area contributed by atoms with Crippen LogP contribution in [0, 0.1) is 11.6 Å². The number of anilines is 1. The molecular weight excluding hydrogens is 556 g/mol. The number of methoxy groups -OCH3 is 2. The van der Waals surface area contributed by atoms with Crippen molar-refractivity contribution >= 4 is 17.4 Å². The number of ether oxygens (including phenoxy) is 3. The Labute approximate surface area is 248 Å². The van der Waals surface area contributed by atoms with Gasteiger partial charge in [0.05, 0.1) is 45.1 Å². The molecule has 1 aliphatic carbocycles. The summed E-state index contributed by atoms with van der Waals surface area (Å²) in [6.07, 6.45) is 4.33. The summed E-state index contributed by atoms with van der Waals surface area (Å²) in [6, 6.07) is 9.09. The van der Waals surface area contributed by atoms with E-state index in [2.05, 4.69) is 17.5 Å². The second-order valence-electron chi connectivity index (χ2n) is 11.2. The zero-order valence-corrected chi connectivity index (χ0v) is 24.3. The van der Waals surface area contributed by atoms with Crippen molar-refractivity contribution in [1.29, 1.82) is 0 Å². The summed E-state index contributed by atoms with van der Waals surface area (Å²) < 4.78 is 46.6. The Morgan fingerprint density at radius 3 is 2.35 bits per heavy atom. The Morgan fingerprint density at radius 1 is 1.05 bits per heavy atom. The van der Waals surface area contributed by atoms with Crippen LogP contribution < -0.4 is 14.4 Å². The molecule has 0 N–H and O–H groups in total. The molecule has 8 nitrogen and oxygen atoms in total. The van der Waals surface area contributed by atoms with Crippen molar-refractivity contribution in [3.05, 3.63) is 83.1 Å². The number of hydrogen-bond donors (Lipinski definition) is 0. The van der Waals surface area contributed by atoms with Crippen LogP contribution in [0.15, 0.2) is 49.2 Å². The summed E-state index contributed by atoms with van der Waals surface area (Å²) in [4.78, 5) is 34.4. The Kier molecular flexibility index (Phi) is 7.74. The van der Waals surface area contributed by atoms with Crippen LogP contribution in [-0.4, -0.2) is 62.1 Å².